The lowest BCUT2D eigenvalue weighted by Gasteiger charge is -2.31. The number of carbonyl (C=O) groups is 1. The van der Waals surface area contributed by atoms with E-state index in [1.54, 1.807) is 0 Å². The monoisotopic (exact) mass is 247 g/mol. The van der Waals surface area contributed by atoms with Gasteiger partial charge >= 0.3 is 0 Å². The van der Waals surface area contributed by atoms with Gasteiger partial charge in [-0.3, -0.25) is 4.79 Å². The van der Waals surface area contributed by atoms with Gasteiger partial charge in [0.2, 0.25) is 0 Å². The maximum absolute atomic E-state index is 11.9. The Balaban J connectivity index is 1.89. The van der Waals surface area contributed by atoms with Crippen LogP contribution in [0.1, 0.15) is 25.7 Å². The Bertz CT molecular complexity index is 248. The fourth-order valence-corrected chi connectivity index (χ4v) is 2.66. The van der Waals surface area contributed by atoms with Crippen LogP contribution in [0.5, 0.6) is 0 Å². The highest BCUT2D eigenvalue weighted by Crippen LogP contribution is 2.30. The summed E-state index contributed by atoms with van der Waals surface area (Å²) < 4.78 is 10.6. The third-order valence-corrected chi connectivity index (χ3v) is 3.82. The molecule has 92 valence electrons. The summed E-state index contributed by atoms with van der Waals surface area (Å²) in [5.74, 6) is 0.397. The minimum Gasteiger partial charge on any atom is -0.376 e. The molecule has 0 spiro atoms. The second-order valence-corrected chi connectivity index (χ2v) is 4.81. The Labute approximate surface area is 101 Å². The summed E-state index contributed by atoms with van der Waals surface area (Å²) in [7, 11) is 0. The van der Waals surface area contributed by atoms with E-state index in [1.807, 2.05) is 0 Å². The average molecular weight is 248 g/mol. The van der Waals surface area contributed by atoms with Gasteiger partial charge in [0.15, 0.2) is 6.10 Å². The van der Waals surface area contributed by atoms with Gasteiger partial charge < -0.3 is 14.8 Å². The molecule has 1 N–H and O–H groups in total. The van der Waals surface area contributed by atoms with E-state index in [9.17, 15) is 4.79 Å². The molecular weight excluding hydrogens is 230 g/mol. The van der Waals surface area contributed by atoms with Crippen LogP contribution in [0.15, 0.2) is 0 Å². The number of carbonyl (C=O) groups excluding carboxylic acids is 1. The van der Waals surface area contributed by atoms with Crippen molar-refractivity contribution in [3.05, 3.63) is 0 Å². The highest BCUT2D eigenvalue weighted by molar-refractivity contribution is 6.18. The van der Waals surface area contributed by atoms with Gasteiger partial charge in [0.05, 0.1) is 25.4 Å². The Hall–Kier alpha value is -0.320. The van der Waals surface area contributed by atoms with Gasteiger partial charge in [-0.15, -0.1) is 11.6 Å². The van der Waals surface area contributed by atoms with Crippen LogP contribution in [0.25, 0.3) is 0 Å². The lowest BCUT2D eigenvalue weighted by Crippen LogP contribution is -2.53. The number of hydrogen-bond donors (Lipinski definition) is 1. The average Bonchev–Trinajstić information content (AvgIpc) is 2.79. The summed E-state index contributed by atoms with van der Waals surface area (Å²) >= 11 is 5.96. The van der Waals surface area contributed by atoms with Crippen molar-refractivity contribution in [2.45, 2.75) is 37.3 Å². The first-order chi connectivity index (χ1) is 7.76. The zero-order chi connectivity index (χ0) is 11.4. The number of rotatable bonds is 3. The molecule has 2 aliphatic rings. The molecule has 1 amide bonds. The first kappa shape index (κ1) is 12.1. The Kier molecular flexibility index (Phi) is 4.05. The molecule has 1 atom stereocenters. The summed E-state index contributed by atoms with van der Waals surface area (Å²) in [6.45, 7) is 1.42. The highest BCUT2D eigenvalue weighted by Gasteiger charge is 2.36. The second-order valence-electron chi connectivity index (χ2n) is 4.54. The fraction of sp³-hybridized carbons (Fsp3) is 0.909. The summed E-state index contributed by atoms with van der Waals surface area (Å²) in [4.78, 5) is 11.9. The van der Waals surface area contributed by atoms with Gasteiger partial charge in [-0.05, 0) is 12.8 Å². The standard InChI is InChI=1S/C11H18ClNO3/c12-8-11(3-1-2-4-11)13-10(14)9-7-15-5-6-16-9/h9H,1-8H2,(H,13,14). The molecule has 1 heterocycles. The van der Waals surface area contributed by atoms with Crippen LogP contribution in [0, 0.1) is 0 Å². The van der Waals surface area contributed by atoms with E-state index in [0.717, 1.165) is 25.7 Å². The molecule has 1 unspecified atom stereocenters. The molecule has 1 saturated heterocycles. The Morgan fingerprint density at radius 1 is 1.38 bits per heavy atom. The van der Waals surface area contributed by atoms with Crippen molar-refractivity contribution < 1.29 is 14.3 Å². The number of alkyl halides is 1. The molecule has 1 saturated carbocycles. The van der Waals surface area contributed by atoms with E-state index in [2.05, 4.69) is 5.32 Å². The number of halogens is 1. The van der Waals surface area contributed by atoms with E-state index in [0.29, 0.717) is 25.7 Å². The van der Waals surface area contributed by atoms with Gasteiger partial charge in [-0.1, -0.05) is 12.8 Å². The lowest BCUT2D eigenvalue weighted by atomic mass is 10.00. The van der Waals surface area contributed by atoms with Crippen LogP contribution in [0.4, 0.5) is 0 Å². The van der Waals surface area contributed by atoms with E-state index in [4.69, 9.17) is 21.1 Å². The van der Waals surface area contributed by atoms with Crippen LogP contribution in [0.3, 0.4) is 0 Å². The molecule has 4 nitrogen and oxygen atoms in total. The number of amides is 1. The predicted octanol–water partition coefficient (Wildman–Crippen LogP) is 1.07. The van der Waals surface area contributed by atoms with Crippen molar-refractivity contribution in [3.63, 3.8) is 0 Å². The second kappa shape index (κ2) is 5.34. The zero-order valence-corrected chi connectivity index (χ0v) is 10.1. The third kappa shape index (κ3) is 2.67. The SMILES string of the molecule is O=C(NC1(CCl)CCCC1)C1COCCO1. The summed E-state index contributed by atoms with van der Waals surface area (Å²) in [6, 6.07) is 0. The number of ether oxygens (including phenoxy) is 2. The molecule has 5 heteroatoms. The topological polar surface area (TPSA) is 47.6 Å². The van der Waals surface area contributed by atoms with Gasteiger partial charge in [0.1, 0.15) is 0 Å². The van der Waals surface area contributed by atoms with Crippen LogP contribution < -0.4 is 5.32 Å². The minimum atomic E-state index is -0.463. The van der Waals surface area contributed by atoms with E-state index in [1.165, 1.54) is 0 Å². The Morgan fingerprint density at radius 3 is 2.69 bits per heavy atom. The van der Waals surface area contributed by atoms with E-state index < -0.39 is 6.10 Å². The number of hydrogen-bond acceptors (Lipinski definition) is 3. The first-order valence-corrected chi connectivity index (χ1v) is 6.37. The molecule has 1 aliphatic carbocycles. The molecular formula is C11H18ClNO3. The van der Waals surface area contributed by atoms with E-state index >= 15 is 0 Å². The van der Waals surface area contributed by atoms with Crippen molar-refractivity contribution in [3.8, 4) is 0 Å². The van der Waals surface area contributed by atoms with Crippen molar-refractivity contribution in [1.29, 1.82) is 0 Å². The molecule has 2 rings (SSSR count). The summed E-state index contributed by atoms with van der Waals surface area (Å²) in [6.07, 6.45) is 3.74. The largest absolute Gasteiger partial charge is 0.376 e. The van der Waals surface area contributed by atoms with Crippen molar-refractivity contribution in [1.82, 2.24) is 5.32 Å². The maximum Gasteiger partial charge on any atom is 0.252 e. The van der Waals surface area contributed by atoms with Crippen LogP contribution >= 0.6 is 11.6 Å². The van der Waals surface area contributed by atoms with Crippen LogP contribution in [-0.2, 0) is 14.3 Å². The van der Waals surface area contributed by atoms with Crippen LogP contribution in [0.2, 0.25) is 0 Å². The molecule has 0 aromatic rings. The summed E-state index contributed by atoms with van der Waals surface area (Å²) in [5.41, 5.74) is -0.209. The zero-order valence-electron chi connectivity index (χ0n) is 9.34. The number of nitrogens with one attached hydrogen (secondary N) is 1. The van der Waals surface area contributed by atoms with Gasteiger partial charge in [0.25, 0.3) is 5.91 Å². The smallest absolute Gasteiger partial charge is 0.252 e. The van der Waals surface area contributed by atoms with Crippen molar-refractivity contribution in [2.24, 2.45) is 0 Å². The van der Waals surface area contributed by atoms with Gasteiger partial charge in [0, 0.05) is 5.88 Å². The lowest BCUT2D eigenvalue weighted by molar-refractivity contribution is -0.149. The predicted molar refractivity (Wildman–Crippen MR) is 60.6 cm³/mol. The molecule has 0 bridgehead atoms. The highest BCUT2D eigenvalue weighted by atomic mass is 35.5. The summed E-state index contributed by atoms with van der Waals surface area (Å²) in [5, 5.41) is 3.04. The molecule has 16 heavy (non-hydrogen) atoms. The van der Waals surface area contributed by atoms with E-state index in [-0.39, 0.29) is 11.4 Å². The van der Waals surface area contributed by atoms with Gasteiger partial charge in [-0.25, -0.2) is 0 Å². The molecule has 1 aliphatic heterocycles. The molecule has 0 aromatic heterocycles. The van der Waals surface area contributed by atoms with Gasteiger partial charge in [-0.2, -0.15) is 0 Å². The first-order valence-electron chi connectivity index (χ1n) is 5.83. The third-order valence-electron chi connectivity index (χ3n) is 3.31. The fourth-order valence-electron chi connectivity index (χ4n) is 2.32. The normalized spacial score (nSPS) is 28.9. The van der Waals surface area contributed by atoms with Crippen molar-refractivity contribution >= 4 is 17.5 Å². The molecule has 2 fully saturated rings. The van der Waals surface area contributed by atoms with Crippen molar-refractivity contribution in [2.75, 3.05) is 25.7 Å². The maximum atomic E-state index is 11.9. The molecule has 0 radical (unpaired) electrons. The Morgan fingerprint density at radius 2 is 2.12 bits per heavy atom. The van der Waals surface area contributed by atoms with Crippen LogP contribution in [-0.4, -0.2) is 43.3 Å². The minimum absolute atomic E-state index is 0.0812. The molecule has 0 aromatic carbocycles. The quantitative estimate of drug-likeness (QED) is 0.759.